The summed E-state index contributed by atoms with van der Waals surface area (Å²) in [5.74, 6) is -0.548. The number of hydrogen-bond acceptors (Lipinski definition) is 3. The molecule has 0 radical (unpaired) electrons. The van der Waals surface area contributed by atoms with Gasteiger partial charge in [0.2, 0.25) is 0 Å². The van der Waals surface area contributed by atoms with Crippen LogP contribution in [-0.2, 0) is 13.0 Å². The van der Waals surface area contributed by atoms with Crippen LogP contribution in [0, 0.1) is 5.82 Å². The van der Waals surface area contributed by atoms with Crippen molar-refractivity contribution in [1.29, 1.82) is 0 Å². The second-order valence-corrected chi connectivity index (χ2v) is 4.74. The molecule has 4 nitrogen and oxygen atoms in total. The van der Waals surface area contributed by atoms with Gasteiger partial charge in [0.05, 0.1) is 5.69 Å². The summed E-state index contributed by atoms with van der Waals surface area (Å²) in [6, 6.07) is 7.98. The van der Waals surface area contributed by atoms with Crippen molar-refractivity contribution in [3.8, 4) is 0 Å². The summed E-state index contributed by atoms with van der Waals surface area (Å²) in [6.45, 7) is 0.942. The van der Waals surface area contributed by atoms with Crippen LogP contribution in [0.2, 0.25) is 0 Å². The van der Waals surface area contributed by atoms with E-state index in [1.54, 1.807) is 29.3 Å². The molecule has 1 amide bonds. The smallest absolute Gasteiger partial charge is 0.276 e. The summed E-state index contributed by atoms with van der Waals surface area (Å²) in [7, 11) is 0. The van der Waals surface area contributed by atoms with Gasteiger partial charge in [-0.15, -0.1) is 0 Å². The molecule has 3 rings (SSSR count). The highest BCUT2D eigenvalue weighted by Crippen LogP contribution is 2.29. The summed E-state index contributed by atoms with van der Waals surface area (Å²) in [5.41, 5.74) is 8.34. The number of aromatic nitrogens is 1. The van der Waals surface area contributed by atoms with Crippen molar-refractivity contribution < 1.29 is 9.18 Å². The Morgan fingerprint density at radius 1 is 1.35 bits per heavy atom. The molecule has 0 aliphatic carbocycles. The number of carbonyl (C=O) groups is 1. The van der Waals surface area contributed by atoms with Crippen LogP contribution >= 0.6 is 0 Å². The summed E-state index contributed by atoms with van der Waals surface area (Å²) in [4.78, 5) is 18.1. The Morgan fingerprint density at radius 3 is 2.90 bits per heavy atom. The summed E-state index contributed by atoms with van der Waals surface area (Å²) >= 11 is 0. The van der Waals surface area contributed by atoms with Crippen molar-refractivity contribution >= 4 is 11.6 Å². The number of benzene rings is 1. The standard InChI is InChI=1S/C15H14FN3O/c16-12-3-2-11-5-6-19(14(11)7-12)15(20)13-4-1-10(8-17)9-18-13/h1-4,7,9H,5-6,8,17H2. The Kier molecular flexibility index (Phi) is 3.20. The van der Waals surface area contributed by atoms with E-state index in [4.69, 9.17) is 5.73 Å². The molecule has 0 atom stereocenters. The van der Waals surface area contributed by atoms with E-state index < -0.39 is 0 Å². The topological polar surface area (TPSA) is 59.2 Å². The average Bonchev–Trinajstić information content (AvgIpc) is 2.89. The van der Waals surface area contributed by atoms with Gasteiger partial charge >= 0.3 is 0 Å². The number of nitrogens with zero attached hydrogens (tertiary/aromatic N) is 2. The monoisotopic (exact) mass is 271 g/mol. The zero-order valence-corrected chi connectivity index (χ0v) is 10.8. The van der Waals surface area contributed by atoms with Gasteiger partial charge in [0.1, 0.15) is 11.5 Å². The van der Waals surface area contributed by atoms with Crippen LogP contribution < -0.4 is 10.6 Å². The number of hydrogen-bond donors (Lipinski definition) is 1. The SMILES string of the molecule is NCc1ccc(C(=O)N2CCc3ccc(F)cc32)nc1. The molecule has 1 aromatic carbocycles. The van der Waals surface area contributed by atoms with Gasteiger partial charge in [0.15, 0.2) is 0 Å². The minimum Gasteiger partial charge on any atom is -0.326 e. The molecule has 0 fully saturated rings. The molecule has 102 valence electrons. The number of rotatable bonds is 2. The van der Waals surface area contributed by atoms with Crippen LogP contribution in [0.1, 0.15) is 21.6 Å². The number of halogens is 1. The van der Waals surface area contributed by atoms with Crippen molar-refractivity contribution in [2.24, 2.45) is 5.73 Å². The molecule has 0 bridgehead atoms. The van der Waals surface area contributed by atoms with Gasteiger partial charge in [-0.1, -0.05) is 12.1 Å². The van der Waals surface area contributed by atoms with Crippen molar-refractivity contribution in [2.75, 3.05) is 11.4 Å². The molecule has 0 unspecified atom stereocenters. The Labute approximate surface area is 116 Å². The summed E-state index contributed by atoms with van der Waals surface area (Å²) in [6.07, 6.45) is 2.33. The number of pyridine rings is 1. The minimum absolute atomic E-state index is 0.210. The van der Waals surface area contributed by atoms with Crippen molar-refractivity contribution in [3.63, 3.8) is 0 Å². The first-order valence-corrected chi connectivity index (χ1v) is 6.44. The van der Waals surface area contributed by atoms with Gasteiger partial charge < -0.3 is 10.6 Å². The molecule has 2 N–H and O–H groups in total. The molecular weight excluding hydrogens is 257 g/mol. The fourth-order valence-corrected chi connectivity index (χ4v) is 2.37. The Morgan fingerprint density at radius 2 is 2.20 bits per heavy atom. The van der Waals surface area contributed by atoms with E-state index in [0.29, 0.717) is 24.5 Å². The highest BCUT2D eigenvalue weighted by Gasteiger charge is 2.26. The Hall–Kier alpha value is -2.27. The van der Waals surface area contributed by atoms with Gasteiger partial charge in [0, 0.05) is 19.3 Å². The maximum atomic E-state index is 13.3. The van der Waals surface area contributed by atoms with Gasteiger partial charge in [-0.25, -0.2) is 4.39 Å². The lowest BCUT2D eigenvalue weighted by atomic mass is 10.1. The molecule has 2 aromatic rings. The fourth-order valence-electron chi connectivity index (χ4n) is 2.37. The number of carbonyl (C=O) groups excluding carboxylic acids is 1. The van der Waals surface area contributed by atoms with Crippen LogP contribution in [0.25, 0.3) is 0 Å². The normalized spacial score (nSPS) is 13.4. The van der Waals surface area contributed by atoms with E-state index in [0.717, 1.165) is 17.5 Å². The summed E-state index contributed by atoms with van der Waals surface area (Å²) in [5, 5.41) is 0. The third-order valence-electron chi connectivity index (χ3n) is 3.47. The van der Waals surface area contributed by atoms with Crippen LogP contribution in [0.4, 0.5) is 10.1 Å². The van der Waals surface area contributed by atoms with E-state index >= 15 is 0 Å². The maximum Gasteiger partial charge on any atom is 0.276 e. The number of amides is 1. The average molecular weight is 271 g/mol. The zero-order valence-electron chi connectivity index (χ0n) is 10.8. The minimum atomic E-state index is -0.338. The quantitative estimate of drug-likeness (QED) is 0.907. The van der Waals surface area contributed by atoms with Crippen molar-refractivity contribution in [1.82, 2.24) is 4.98 Å². The second kappa shape index (κ2) is 5.02. The van der Waals surface area contributed by atoms with E-state index in [-0.39, 0.29) is 11.7 Å². The number of nitrogens with two attached hydrogens (primary N) is 1. The predicted molar refractivity (Wildman–Crippen MR) is 73.9 cm³/mol. The predicted octanol–water partition coefficient (Wildman–Crippen LogP) is 1.88. The largest absolute Gasteiger partial charge is 0.326 e. The van der Waals surface area contributed by atoms with E-state index in [9.17, 15) is 9.18 Å². The first kappa shape index (κ1) is 12.7. The first-order valence-electron chi connectivity index (χ1n) is 6.44. The number of fused-ring (bicyclic) bond motifs is 1. The lowest BCUT2D eigenvalue weighted by Crippen LogP contribution is -2.29. The van der Waals surface area contributed by atoms with Crippen LogP contribution in [-0.4, -0.2) is 17.4 Å². The molecule has 0 saturated heterocycles. The molecule has 1 aromatic heterocycles. The third kappa shape index (κ3) is 2.16. The molecule has 5 heteroatoms. The molecule has 0 spiro atoms. The molecule has 1 aliphatic rings. The third-order valence-corrected chi connectivity index (χ3v) is 3.47. The molecule has 1 aliphatic heterocycles. The summed E-state index contributed by atoms with van der Waals surface area (Å²) < 4.78 is 13.3. The Balaban J connectivity index is 1.91. The van der Waals surface area contributed by atoms with Gasteiger partial charge in [-0.2, -0.15) is 0 Å². The lowest BCUT2D eigenvalue weighted by Gasteiger charge is -2.16. The zero-order chi connectivity index (χ0) is 14.1. The van der Waals surface area contributed by atoms with Gasteiger partial charge in [-0.05, 0) is 35.7 Å². The highest BCUT2D eigenvalue weighted by atomic mass is 19.1. The fraction of sp³-hybridized carbons (Fsp3) is 0.200. The van der Waals surface area contributed by atoms with Crippen LogP contribution in [0.15, 0.2) is 36.5 Å². The van der Waals surface area contributed by atoms with E-state index in [2.05, 4.69) is 4.98 Å². The molecular formula is C15H14FN3O. The van der Waals surface area contributed by atoms with Gasteiger partial charge in [0.25, 0.3) is 5.91 Å². The molecule has 2 heterocycles. The first-order chi connectivity index (χ1) is 9.69. The Bertz CT molecular complexity index is 655. The number of anilines is 1. The van der Waals surface area contributed by atoms with Crippen molar-refractivity contribution in [3.05, 3.63) is 59.2 Å². The molecule has 20 heavy (non-hydrogen) atoms. The van der Waals surface area contributed by atoms with Crippen LogP contribution in [0.5, 0.6) is 0 Å². The molecule has 0 saturated carbocycles. The van der Waals surface area contributed by atoms with Crippen LogP contribution in [0.3, 0.4) is 0 Å². The van der Waals surface area contributed by atoms with Gasteiger partial charge in [-0.3, -0.25) is 9.78 Å². The van der Waals surface area contributed by atoms with E-state index in [1.165, 1.54) is 12.1 Å². The highest BCUT2D eigenvalue weighted by molar-refractivity contribution is 6.06. The lowest BCUT2D eigenvalue weighted by molar-refractivity contribution is 0.0984. The van der Waals surface area contributed by atoms with E-state index in [1.807, 2.05) is 0 Å². The maximum absolute atomic E-state index is 13.3. The second-order valence-electron chi connectivity index (χ2n) is 4.74. The van der Waals surface area contributed by atoms with Crippen molar-refractivity contribution in [2.45, 2.75) is 13.0 Å².